The Bertz CT molecular complexity index is 613. The fourth-order valence-electron chi connectivity index (χ4n) is 4.37. The van der Waals surface area contributed by atoms with Crippen LogP contribution in [0.3, 0.4) is 0 Å². The molecule has 130 valence electrons. The third-order valence-electron chi connectivity index (χ3n) is 5.77. The molecule has 1 atom stereocenters. The number of likely N-dealkylation sites (N-methyl/N-ethyl adjacent to an activating group) is 1. The van der Waals surface area contributed by atoms with E-state index in [9.17, 15) is 4.79 Å². The van der Waals surface area contributed by atoms with Crippen molar-refractivity contribution < 1.29 is 9.53 Å². The van der Waals surface area contributed by atoms with Gasteiger partial charge in [-0.25, -0.2) is 4.98 Å². The molecule has 2 fully saturated rings. The van der Waals surface area contributed by atoms with Crippen molar-refractivity contribution in [2.45, 2.75) is 57.6 Å². The minimum Gasteiger partial charge on any atom is -0.473 e. The van der Waals surface area contributed by atoms with Crippen LogP contribution in [0.2, 0.25) is 0 Å². The molecule has 1 saturated heterocycles. The minimum atomic E-state index is 0.103. The Hall–Kier alpha value is -1.62. The predicted molar refractivity (Wildman–Crippen MR) is 92.4 cm³/mol. The minimum absolute atomic E-state index is 0.103. The Morgan fingerprint density at radius 3 is 2.83 bits per heavy atom. The second-order valence-corrected chi connectivity index (χ2v) is 7.24. The van der Waals surface area contributed by atoms with Crippen LogP contribution in [0.1, 0.15) is 55.1 Å². The maximum Gasteiger partial charge on any atom is 0.255 e. The van der Waals surface area contributed by atoms with Crippen LogP contribution in [0.15, 0.2) is 12.1 Å². The highest BCUT2D eigenvalue weighted by atomic mass is 16.5. The lowest BCUT2D eigenvalue weighted by atomic mass is 10.1. The van der Waals surface area contributed by atoms with Crippen LogP contribution in [-0.4, -0.2) is 59.0 Å². The largest absolute Gasteiger partial charge is 0.473 e. The lowest BCUT2D eigenvalue weighted by Gasteiger charge is -2.27. The van der Waals surface area contributed by atoms with Crippen molar-refractivity contribution in [2.24, 2.45) is 0 Å². The van der Waals surface area contributed by atoms with Gasteiger partial charge in [-0.3, -0.25) is 9.69 Å². The molecular formula is C19H27N3O2. The maximum absolute atomic E-state index is 12.3. The van der Waals surface area contributed by atoms with Gasteiger partial charge in [0.2, 0.25) is 5.88 Å². The zero-order chi connectivity index (χ0) is 16.5. The Morgan fingerprint density at radius 2 is 2.04 bits per heavy atom. The Labute approximate surface area is 144 Å². The molecule has 1 unspecified atom stereocenters. The highest BCUT2D eigenvalue weighted by Gasteiger charge is 2.31. The fourth-order valence-corrected chi connectivity index (χ4v) is 4.37. The molecule has 3 aliphatic rings. The van der Waals surface area contributed by atoms with Gasteiger partial charge < -0.3 is 9.64 Å². The number of rotatable bonds is 4. The molecule has 1 aromatic heterocycles. The topological polar surface area (TPSA) is 45.7 Å². The zero-order valence-electron chi connectivity index (χ0n) is 14.5. The van der Waals surface area contributed by atoms with Crippen LogP contribution in [0.5, 0.6) is 5.88 Å². The fraction of sp³-hybridized carbons (Fsp3) is 0.684. The van der Waals surface area contributed by atoms with Gasteiger partial charge in [0.25, 0.3) is 5.91 Å². The second kappa shape index (κ2) is 6.71. The van der Waals surface area contributed by atoms with Crippen LogP contribution < -0.4 is 4.74 Å². The molecule has 3 heterocycles. The lowest BCUT2D eigenvalue weighted by Crippen LogP contribution is -2.37. The number of carbonyl (C=O) groups is 1. The second-order valence-electron chi connectivity index (χ2n) is 7.24. The first-order valence-electron chi connectivity index (χ1n) is 9.44. The van der Waals surface area contributed by atoms with Crippen LogP contribution >= 0.6 is 0 Å². The van der Waals surface area contributed by atoms with Crippen LogP contribution in [0.25, 0.3) is 0 Å². The highest BCUT2D eigenvalue weighted by Crippen LogP contribution is 2.28. The summed E-state index contributed by atoms with van der Waals surface area (Å²) in [5, 5.41) is 0. The van der Waals surface area contributed by atoms with Gasteiger partial charge in [0.15, 0.2) is 0 Å². The summed E-state index contributed by atoms with van der Waals surface area (Å²) >= 11 is 0. The van der Waals surface area contributed by atoms with E-state index in [0.29, 0.717) is 5.88 Å². The van der Waals surface area contributed by atoms with Crippen LogP contribution in [0, 0.1) is 0 Å². The molecule has 0 bridgehead atoms. The summed E-state index contributed by atoms with van der Waals surface area (Å²) in [7, 11) is 0. The van der Waals surface area contributed by atoms with Crippen LogP contribution in [-0.2, 0) is 6.42 Å². The molecule has 0 spiro atoms. The van der Waals surface area contributed by atoms with Crippen molar-refractivity contribution >= 4 is 5.91 Å². The van der Waals surface area contributed by atoms with E-state index < -0.39 is 0 Å². The molecule has 0 N–H and O–H groups in total. The lowest BCUT2D eigenvalue weighted by molar-refractivity contribution is 0.0746. The molecule has 4 rings (SSSR count). The van der Waals surface area contributed by atoms with Gasteiger partial charge in [0.1, 0.15) is 6.10 Å². The Kier molecular flexibility index (Phi) is 4.44. The van der Waals surface area contributed by atoms with Crippen LogP contribution in [0.4, 0.5) is 0 Å². The Balaban J connectivity index is 1.40. The predicted octanol–water partition coefficient (Wildman–Crippen LogP) is 2.50. The summed E-state index contributed by atoms with van der Waals surface area (Å²) in [4.78, 5) is 21.4. The average Bonchev–Trinajstić information content (AvgIpc) is 3.26. The number of aromatic nitrogens is 1. The molecule has 24 heavy (non-hydrogen) atoms. The number of hydrogen-bond donors (Lipinski definition) is 0. The van der Waals surface area contributed by atoms with E-state index in [0.717, 1.165) is 56.3 Å². The van der Waals surface area contributed by atoms with Crippen molar-refractivity contribution in [3.63, 3.8) is 0 Å². The molecule has 1 aromatic rings. The van der Waals surface area contributed by atoms with Crippen molar-refractivity contribution in [3.8, 4) is 5.88 Å². The molecule has 0 radical (unpaired) electrons. The molecule has 2 aliphatic heterocycles. The molecule has 0 aromatic carbocycles. The van der Waals surface area contributed by atoms with Crippen molar-refractivity contribution in [2.75, 3.05) is 26.2 Å². The number of pyridine rings is 1. The normalized spacial score (nSPS) is 25.3. The quantitative estimate of drug-likeness (QED) is 0.851. The van der Waals surface area contributed by atoms with Gasteiger partial charge in [-0.2, -0.15) is 0 Å². The third kappa shape index (κ3) is 3.02. The zero-order valence-corrected chi connectivity index (χ0v) is 14.5. The molecule has 5 heteroatoms. The van der Waals surface area contributed by atoms with E-state index in [-0.39, 0.29) is 12.0 Å². The number of carbonyl (C=O) groups excluding carboxylic acids is 1. The summed E-state index contributed by atoms with van der Waals surface area (Å²) < 4.78 is 6.14. The number of fused-ring (bicyclic) bond motifs is 1. The van der Waals surface area contributed by atoms with E-state index in [1.165, 1.54) is 25.7 Å². The number of ether oxygens (including phenoxy) is 1. The van der Waals surface area contributed by atoms with E-state index in [4.69, 9.17) is 4.74 Å². The summed E-state index contributed by atoms with van der Waals surface area (Å²) in [6.07, 6.45) is 7.59. The maximum atomic E-state index is 12.3. The van der Waals surface area contributed by atoms with Gasteiger partial charge in [-0.15, -0.1) is 0 Å². The van der Waals surface area contributed by atoms with Gasteiger partial charge in [-0.1, -0.05) is 12.8 Å². The van der Waals surface area contributed by atoms with Crippen molar-refractivity contribution in [3.05, 3.63) is 23.4 Å². The molecule has 1 aliphatic carbocycles. The first-order chi connectivity index (χ1) is 11.7. The summed E-state index contributed by atoms with van der Waals surface area (Å²) in [6.45, 7) is 5.70. The van der Waals surface area contributed by atoms with Gasteiger partial charge in [0.05, 0.1) is 11.3 Å². The molecular weight excluding hydrogens is 302 g/mol. The van der Waals surface area contributed by atoms with E-state index in [1.54, 1.807) is 0 Å². The summed E-state index contributed by atoms with van der Waals surface area (Å²) in [6, 6.07) is 4.53. The highest BCUT2D eigenvalue weighted by molar-refractivity contribution is 5.96. The monoisotopic (exact) mass is 329 g/mol. The number of hydrogen-bond acceptors (Lipinski definition) is 4. The van der Waals surface area contributed by atoms with E-state index >= 15 is 0 Å². The SMILES string of the molecule is CCN1CCc2nc(OC3CCN(C4CCCC4)C3)ccc2C1=O. The number of amides is 1. The number of likely N-dealkylation sites (tertiary alicyclic amines) is 1. The molecule has 5 nitrogen and oxygen atoms in total. The first kappa shape index (κ1) is 15.9. The average molecular weight is 329 g/mol. The smallest absolute Gasteiger partial charge is 0.255 e. The van der Waals surface area contributed by atoms with Gasteiger partial charge >= 0.3 is 0 Å². The van der Waals surface area contributed by atoms with Crippen molar-refractivity contribution in [1.82, 2.24) is 14.8 Å². The molecule has 1 amide bonds. The van der Waals surface area contributed by atoms with E-state index in [2.05, 4.69) is 9.88 Å². The summed E-state index contributed by atoms with van der Waals surface area (Å²) in [5.74, 6) is 0.788. The number of nitrogens with zero attached hydrogens (tertiary/aromatic N) is 3. The van der Waals surface area contributed by atoms with E-state index in [1.807, 2.05) is 24.0 Å². The molecule has 1 saturated carbocycles. The summed E-state index contributed by atoms with van der Waals surface area (Å²) in [5.41, 5.74) is 1.64. The Morgan fingerprint density at radius 1 is 1.21 bits per heavy atom. The standard InChI is InChI=1S/C19H27N3O2/c1-2-21-12-10-17-16(19(21)23)7-8-18(20-17)24-15-9-11-22(13-15)14-5-3-4-6-14/h7-8,14-15H,2-6,9-13H2,1H3. The van der Waals surface area contributed by atoms with Gasteiger partial charge in [0, 0.05) is 44.7 Å². The third-order valence-corrected chi connectivity index (χ3v) is 5.77. The van der Waals surface area contributed by atoms with Gasteiger partial charge in [-0.05, 0) is 32.3 Å². The first-order valence-corrected chi connectivity index (χ1v) is 9.44. The van der Waals surface area contributed by atoms with Crippen molar-refractivity contribution in [1.29, 1.82) is 0 Å².